The Bertz CT molecular complexity index is 1570. The zero-order chi connectivity index (χ0) is 24.5. The number of nitrogens with zero attached hydrogens (tertiary/aromatic N) is 5. The number of para-hydroxylation sites is 1. The minimum absolute atomic E-state index is 0.0722. The van der Waals surface area contributed by atoms with Crippen molar-refractivity contribution in [3.63, 3.8) is 0 Å². The van der Waals surface area contributed by atoms with Gasteiger partial charge in [0.25, 0.3) is 11.4 Å². The molecule has 2 aromatic carbocycles. The minimum atomic E-state index is -0.287. The Morgan fingerprint density at radius 1 is 1.09 bits per heavy atom. The van der Waals surface area contributed by atoms with Crippen molar-refractivity contribution in [1.82, 2.24) is 24.7 Å². The molecular formula is C26H25N7O2. The van der Waals surface area contributed by atoms with E-state index < -0.39 is 0 Å². The van der Waals surface area contributed by atoms with Crippen molar-refractivity contribution in [3.05, 3.63) is 88.4 Å². The van der Waals surface area contributed by atoms with Crippen LogP contribution >= 0.6 is 0 Å². The zero-order valence-corrected chi connectivity index (χ0v) is 19.7. The summed E-state index contributed by atoms with van der Waals surface area (Å²) in [6.45, 7) is 5.72. The SMILES string of the molecule is CC[C@H](Nc1ncnc(N)c1-c1nc(C)no1)c1cc2cccc(C)c2c(=O)n1-c1ccccc1. The number of benzene rings is 2. The molecular weight excluding hydrogens is 442 g/mol. The molecule has 1 atom stereocenters. The molecule has 0 radical (unpaired) electrons. The van der Waals surface area contributed by atoms with Crippen LogP contribution < -0.4 is 16.6 Å². The molecule has 3 N–H and O–H groups in total. The van der Waals surface area contributed by atoms with Gasteiger partial charge in [-0.25, -0.2) is 9.97 Å². The number of aromatic nitrogens is 5. The lowest BCUT2D eigenvalue weighted by Gasteiger charge is -2.24. The fourth-order valence-corrected chi connectivity index (χ4v) is 4.32. The van der Waals surface area contributed by atoms with E-state index in [0.717, 1.165) is 22.3 Å². The Labute approximate surface area is 201 Å². The highest BCUT2D eigenvalue weighted by Crippen LogP contribution is 2.33. The number of pyridine rings is 1. The summed E-state index contributed by atoms with van der Waals surface area (Å²) >= 11 is 0. The molecule has 3 heterocycles. The molecule has 0 aliphatic carbocycles. The van der Waals surface area contributed by atoms with E-state index in [2.05, 4.69) is 31.5 Å². The van der Waals surface area contributed by atoms with Gasteiger partial charge in [-0.05, 0) is 49.4 Å². The molecule has 9 nitrogen and oxygen atoms in total. The van der Waals surface area contributed by atoms with E-state index in [-0.39, 0.29) is 23.3 Å². The predicted molar refractivity (Wildman–Crippen MR) is 135 cm³/mol. The summed E-state index contributed by atoms with van der Waals surface area (Å²) in [7, 11) is 0. The maximum Gasteiger partial charge on any atom is 0.265 e. The third-order valence-corrected chi connectivity index (χ3v) is 5.99. The molecule has 0 aliphatic rings. The summed E-state index contributed by atoms with van der Waals surface area (Å²) in [6.07, 6.45) is 2.04. The van der Waals surface area contributed by atoms with Crippen LogP contribution in [0.5, 0.6) is 0 Å². The van der Waals surface area contributed by atoms with Crippen molar-refractivity contribution < 1.29 is 4.52 Å². The van der Waals surface area contributed by atoms with Gasteiger partial charge in [-0.2, -0.15) is 4.98 Å². The van der Waals surface area contributed by atoms with Crippen molar-refractivity contribution in [2.24, 2.45) is 0 Å². The Kier molecular flexibility index (Phi) is 5.74. The van der Waals surface area contributed by atoms with Gasteiger partial charge in [0.05, 0.1) is 11.4 Å². The molecule has 0 aliphatic heterocycles. The second kappa shape index (κ2) is 9.02. The van der Waals surface area contributed by atoms with Crippen LogP contribution in [0.2, 0.25) is 0 Å². The molecule has 9 heteroatoms. The second-order valence-electron chi connectivity index (χ2n) is 8.32. The van der Waals surface area contributed by atoms with Crippen molar-refractivity contribution in [2.45, 2.75) is 33.2 Å². The molecule has 5 rings (SSSR count). The monoisotopic (exact) mass is 467 g/mol. The van der Waals surface area contributed by atoms with Crippen molar-refractivity contribution in [1.29, 1.82) is 0 Å². The fourth-order valence-electron chi connectivity index (χ4n) is 4.32. The molecule has 0 fully saturated rings. The minimum Gasteiger partial charge on any atom is -0.383 e. The van der Waals surface area contributed by atoms with Gasteiger partial charge in [-0.3, -0.25) is 9.36 Å². The van der Waals surface area contributed by atoms with E-state index in [9.17, 15) is 4.79 Å². The quantitative estimate of drug-likeness (QED) is 0.371. The number of nitrogens with two attached hydrogens (primary N) is 1. The van der Waals surface area contributed by atoms with Crippen LogP contribution in [-0.4, -0.2) is 24.7 Å². The average molecular weight is 468 g/mol. The molecule has 5 aromatic rings. The lowest BCUT2D eigenvalue weighted by Crippen LogP contribution is -2.27. The first-order valence-electron chi connectivity index (χ1n) is 11.4. The smallest absolute Gasteiger partial charge is 0.265 e. The molecule has 0 saturated carbocycles. The summed E-state index contributed by atoms with van der Waals surface area (Å²) < 4.78 is 7.12. The first kappa shape index (κ1) is 22.3. The van der Waals surface area contributed by atoms with Gasteiger partial charge in [-0.15, -0.1) is 0 Å². The number of rotatable bonds is 6. The molecule has 176 valence electrons. The molecule has 0 bridgehead atoms. The molecule has 0 saturated heterocycles. The largest absolute Gasteiger partial charge is 0.383 e. The topological polar surface area (TPSA) is 125 Å². The van der Waals surface area contributed by atoms with E-state index in [4.69, 9.17) is 10.3 Å². The highest BCUT2D eigenvalue weighted by atomic mass is 16.5. The second-order valence-corrected chi connectivity index (χ2v) is 8.32. The average Bonchev–Trinajstić information content (AvgIpc) is 3.28. The van der Waals surface area contributed by atoms with Gasteiger partial charge in [-0.1, -0.05) is 48.5 Å². The number of nitrogens with one attached hydrogen (secondary N) is 1. The third kappa shape index (κ3) is 4.01. The Balaban J connectivity index is 1.71. The van der Waals surface area contributed by atoms with Crippen LogP contribution in [0.4, 0.5) is 11.6 Å². The van der Waals surface area contributed by atoms with Gasteiger partial charge in [0, 0.05) is 11.4 Å². The number of anilines is 2. The van der Waals surface area contributed by atoms with Crippen LogP contribution in [0.15, 0.2) is 70.2 Å². The molecule has 35 heavy (non-hydrogen) atoms. The van der Waals surface area contributed by atoms with Crippen LogP contribution in [0, 0.1) is 13.8 Å². The maximum atomic E-state index is 13.8. The summed E-state index contributed by atoms with van der Waals surface area (Å²) in [5, 5.41) is 8.91. The fraction of sp³-hybridized carbons (Fsp3) is 0.192. The van der Waals surface area contributed by atoms with Crippen LogP contribution in [0.1, 0.15) is 36.5 Å². The van der Waals surface area contributed by atoms with E-state index in [0.29, 0.717) is 29.0 Å². The van der Waals surface area contributed by atoms with Crippen LogP contribution in [-0.2, 0) is 0 Å². The summed E-state index contributed by atoms with van der Waals surface area (Å²) in [4.78, 5) is 26.7. The van der Waals surface area contributed by atoms with E-state index in [1.54, 1.807) is 11.5 Å². The number of nitrogen functional groups attached to an aromatic ring is 1. The molecule has 3 aromatic heterocycles. The molecule has 0 unspecified atom stereocenters. The third-order valence-electron chi connectivity index (χ3n) is 5.99. The van der Waals surface area contributed by atoms with Gasteiger partial charge in [0.15, 0.2) is 5.82 Å². The van der Waals surface area contributed by atoms with Gasteiger partial charge in [0.1, 0.15) is 23.5 Å². The normalized spacial score (nSPS) is 12.1. The standard InChI is InChI=1S/C26H25N7O2/c1-4-19(31-24-22(23(27)28-14-29-24)25-30-16(3)32-35-25)20-13-17-10-8-9-15(2)21(17)26(34)33(20)18-11-6-5-7-12-18/h5-14,19H,4H2,1-3H3,(H3,27,28,29,31)/t19-/m0/s1. The van der Waals surface area contributed by atoms with E-state index >= 15 is 0 Å². The van der Waals surface area contributed by atoms with Crippen LogP contribution in [0.3, 0.4) is 0 Å². The van der Waals surface area contributed by atoms with E-state index in [1.807, 2.05) is 62.4 Å². The predicted octanol–water partition coefficient (Wildman–Crippen LogP) is 4.59. The lowest BCUT2D eigenvalue weighted by atomic mass is 10.0. The first-order valence-corrected chi connectivity index (χ1v) is 11.4. The van der Waals surface area contributed by atoms with Gasteiger partial charge >= 0.3 is 0 Å². The number of fused-ring (bicyclic) bond motifs is 1. The van der Waals surface area contributed by atoms with Crippen molar-refractivity contribution in [3.8, 4) is 17.1 Å². The molecule has 0 spiro atoms. The Morgan fingerprint density at radius 2 is 1.89 bits per heavy atom. The summed E-state index contributed by atoms with van der Waals surface area (Å²) in [5.41, 5.74) is 9.05. The Hall–Kier alpha value is -4.53. The van der Waals surface area contributed by atoms with E-state index in [1.165, 1.54) is 6.33 Å². The lowest BCUT2D eigenvalue weighted by molar-refractivity contribution is 0.425. The van der Waals surface area contributed by atoms with Gasteiger partial charge in [0.2, 0.25) is 0 Å². The van der Waals surface area contributed by atoms with Crippen molar-refractivity contribution in [2.75, 3.05) is 11.1 Å². The number of hydrogen-bond acceptors (Lipinski definition) is 8. The maximum absolute atomic E-state index is 13.8. The zero-order valence-electron chi connectivity index (χ0n) is 19.7. The first-order chi connectivity index (χ1) is 17.0. The Morgan fingerprint density at radius 3 is 2.60 bits per heavy atom. The number of aryl methyl sites for hydroxylation is 2. The van der Waals surface area contributed by atoms with Crippen molar-refractivity contribution >= 4 is 22.4 Å². The highest BCUT2D eigenvalue weighted by molar-refractivity contribution is 5.86. The summed E-state index contributed by atoms with van der Waals surface area (Å²) in [5.74, 6) is 1.37. The van der Waals surface area contributed by atoms with Crippen LogP contribution in [0.25, 0.3) is 27.9 Å². The molecule has 0 amide bonds. The summed E-state index contributed by atoms with van der Waals surface area (Å²) in [6, 6.07) is 17.3. The highest BCUT2D eigenvalue weighted by Gasteiger charge is 2.23. The number of hydrogen-bond donors (Lipinski definition) is 2. The van der Waals surface area contributed by atoms with Gasteiger partial charge < -0.3 is 15.6 Å².